The molecule has 0 saturated carbocycles. The van der Waals surface area contributed by atoms with Gasteiger partial charge >= 0.3 is 0 Å². The molecule has 0 bridgehead atoms. The third-order valence-electron chi connectivity index (χ3n) is 3.03. The maximum Gasteiger partial charge on any atom is 0.0135 e. The van der Waals surface area contributed by atoms with E-state index in [0.29, 0.717) is 5.25 Å². The highest BCUT2D eigenvalue weighted by molar-refractivity contribution is 7.80. The molecule has 3 N–H and O–H groups in total. The number of nitrogens with two attached hydrogens (primary N) is 1. The second-order valence-electron chi connectivity index (χ2n) is 4.94. The maximum atomic E-state index is 5.57. The summed E-state index contributed by atoms with van der Waals surface area (Å²) >= 11 is 4.59. The van der Waals surface area contributed by atoms with Gasteiger partial charge in [-0.25, -0.2) is 0 Å². The van der Waals surface area contributed by atoms with E-state index < -0.39 is 0 Å². The molecule has 0 aromatic carbocycles. The first kappa shape index (κ1) is 17.2. The van der Waals surface area contributed by atoms with Crippen LogP contribution in [-0.4, -0.2) is 37.4 Å². The van der Waals surface area contributed by atoms with E-state index in [4.69, 9.17) is 5.84 Å². The van der Waals surface area contributed by atoms with Crippen LogP contribution in [0.4, 0.5) is 0 Å². The van der Waals surface area contributed by atoms with Crippen LogP contribution >= 0.6 is 12.6 Å². The Balaban J connectivity index is 3.11. The van der Waals surface area contributed by atoms with Crippen LogP contribution in [0.3, 0.4) is 0 Å². The summed E-state index contributed by atoms with van der Waals surface area (Å²) in [6.07, 6.45) is 10.4. The zero-order valence-corrected chi connectivity index (χ0v) is 12.5. The van der Waals surface area contributed by atoms with Gasteiger partial charge in [-0.2, -0.15) is 12.6 Å². The molecule has 4 heteroatoms. The first-order chi connectivity index (χ1) is 8.16. The summed E-state index contributed by atoms with van der Waals surface area (Å²) in [6.45, 7) is 2.10. The van der Waals surface area contributed by atoms with Crippen LogP contribution in [0.5, 0.6) is 0 Å². The summed E-state index contributed by atoms with van der Waals surface area (Å²) in [5, 5.41) is 5.44. The van der Waals surface area contributed by atoms with Crippen molar-refractivity contribution < 1.29 is 0 Å². The molecule has 0 heterocycles. The van der Waals surface area contributed by atoms with Gasteiger partial charge in [-0.1, -0.05) is 32.1 Å². The van der Waals surface area contributed by atoms with E-state index in [-0.39, 0.29) is 0 Å². The molecule has 0 rings (SSSR count). The number of hydrazine groups is 1. The molecule has 0 fully saturated rings. The maximum absolute atomic E-state index is 5.57. The Hall–Kier alpha value is 0.230. The molecule has 1 atom stereocenters. The van der Waals surface area contributed by atoms with Gasteiger partial charge in [0.15, 0.2) is 0 Å². The zero-order valence-electron chi connectivity index (χ0n) is 11.6. The van der Waals surface area contributed by atoms with Crippen molar-refractivity contribution in [1.29, 1.82) is 0 Å². The molecule has 0 aliphatic rings. The van der Waals surface area contributed by atoms with Crippen molar-refractivity contribution in [1.82, 2.24) is 10.3 Å². The average Bonchev–Trinajstić information content (AvgIpc) is 2.30. The van der Waals surface area contributed by atoms with Crippen molar-refractivity contribution in [2.45, 2.75) is 56.6 Å². The van der Waals surface area contributed by atoms with Gasteiger partial charge in [0.2, 0.25) is 0 Å². The number of nitrogens with one attached hydrogen (secondary N) is 1. The Bertz CT molecular complexity index is 154. The Morgan fingerprint density at radius 1 is 1.06 bits per heavy atom. The van der Waals surface area contributed by atoms with Crippen molar-refractivity contribution in [3.8, 4) is 0 Å². The average molecular weight is 261 g/mol. The normalized spacial score (nSPS) is 13.2. The fraction of sp³-hybridized carbons (Fsp3) is 1.00. The van der Waals surface area contributed by atoms with Gasteiger partial charge in [0.25, 0.3) is 0 Å². The first-order valence-electron chi connectivity index (χ1n) is 6.95. The summed E-state index contributed by atoms with van der Waals surface area (Å²) < 4.78 is 0. The largest absolute Gasteiger partial charge is 0.320 e. The quantitative estimate of drug-likeness (QED) is 0.219. The topological polar surface area (TPSA) is 41.3 Å². The third kappa shape index (κ3) is 14.2. The lowest BCUT2D eigenvalue weighted by Gasteiger charge is -2.14. The zero-order chi connectivity index (χ0) is 12.9. The van der Waals surface area contributed by atoms with E-state index >= 15 is 0 Å². The van der Waals surface area contributed by atoms with E-state index in [1.807, 2.05) is 14.1 Å². The number of unbranched alkanes of at least 4 members (excludes halogenated alkanes) is 5. The molecular weight excluding hydrogens is 230 g/mol. The van der Waals surface area contributed by atoms with Gasteiger partial charge in [-0.3, -0.25) is 10.9 Å². The Kier molecular flexibility index (Phi) is 12.9. The van der Waals surface area contributed by atoms with E-state index in [1.165, 1.54) is 44.9 Å². The molecule has 0 aromatic heterocycles. The molecule has 104 valence electrons. The van der Waals surface area contributed by atoms with Gasteiger partial charge in [0.05, 0.1) is 0 Å². The highest BCUT2D eigenvalue weighted by Crippen LogP contribution is 2.13. The smallest absolute Gasteiger partial charge is 0.0135 e. The molecule has 0 aliphatic heterocycles. The van der Waals surface area contributed by atoms with Crippen molar-refractivity contribution >= 4 is 12.6 Å². The van der Waals surface area contributed by atoms with Crippen LogP contribution in [0.15, 0.2) is 0 Å². The molecule has 0 saturated heterocycles. The van der Waals surface area contributed by atoms with Crippen molar-refractivity contribution in [2.24, 2.45) is 5.84 Å². The monoisotopic (exact) mass is 261 g/mol. The van der Waals surface area contributed by atoms with Crippen LogP contribution in [0.2, 0.25) is 0 Å². The third-order valence-corrected chi connectivity index (χ3v) is 3.55. The number of rotatable bonds is 12. The van der Waals surface area contributed by atoms with Crippen LogP contribution in [0.1, 0.15) is 51.4 Å². The van der Waals surface area contributed by atoms with Gasteiger partial charge in [-0.05, 0) is 32.9 Å². The lowest BCUT2D eigenvalue weighted by Crippen LogP contribution is -2.28. The Morgan fingerprint density at radius 3 is 2.24 bits per heavy atom. The minimum atomic E-state index is 0.519. The molecule has 0 spiro atoms. The second kappa shape index (κ2) is 12.7. The predicted octanol–water partition coefficient (Wildman–Crippen LogP) is 2.43. The van der Waals surface area contributed by atoms with Crippen LogP contribution in [0.25, 0.3) is 0 Å². The highest BCUT2D eigenvalue weighted by Gasteiger charge is 2.03. The summed E-state index contributed by atoms with van der Waals surface area (Å²) in [5.41, 5.74) is 0. The van der Waals surface area contributed by atoms with E-state index in [0.717, 1.165) is 19.5 Å². The summed E-state index contributed by atoms with van der Waals surface area (Å²) in [7, 11) is 3.93. The SMILES string of the molecule is CNCCCCCCCCC(S)CCN(C)N. The molecule has 0 aliphatic carbocycles. The van der Waals surface area contributed by atoms with Crippen LogP contribution in [0, 0.1) is 0 Å². The number of hydrogen-bond acceptors (Lipinski definition) is 4. The predicted molar refractivity (Wildman–Crippen MR) is 80.5 cm³/mol. The van der Waals surface area contributed by atoms with E-state index in [9.17, 15) is 0 Å². The van der Waals surface area contributed by atoms with Crippen molar-refractivity contribution in [2.75, 3.05) is 27.2 Å². The van der Waals surface area contributed by atoms with Crippen molar-refractivity contribution in [3.63, 3.8) is 0 Å². The molecule has 17 heavy (non-hydrogen) atoms. The minimum absolute atomic E-state index is 0.519. The number of hydrogen-bond donors (Lipinski definition) is 3. The van der Waals surface area contributed by atoms with Crippen molar-refractivity contribution in [3.05, 3.63) is 0 Å². The summed E-state index contributed by atoms with van der Waals surface area (Å²) in [6, 6.07) is 0. The van der Waals surface area contributed by atoms with Gasteiger partial charge in [0.1, 0.15) is 0 Å². The first-order valence-corrected chi connectivity index (χ1v) is 7.47. The summed E-state index contributed by atoms with van der Waals surface area (Å²) in [4.78, 5) is 0. The fourth-order valence-electron chi connectivity index (χ4n) is 1.89. The summed E-state index contributed by atoms with van der Waals surface area (Å²) in [5.74, 6) is 5.57. The van der Waals surface area contributed by atoms with Crippen LogP contribution in [-0.2, 0) is 0 Å². The Labute approximate surface area is 113 Å². The molecular formula is C13H31N3S. The Morgan fingerprint density at radius 2 is 1.65 bits per heavy atom. The van der Waals surface area contributed by atoms with E-state index in [2.05, 4.69) is 17.9 Å². The van der Waals surface area contributed by atoms with Gasteiger partial charge in [0, 0.05) is 18.8 Å². The second-order valence-corrected chi connectivity index (χ2v) is 5.67. The van der Waals surface area contributed by atoms with E-state index in [1.54, 1.807) is 5.01 Å². The lowest BCUT2D eigenvalue weighted by atomic mass is 10.1. The molecule has 3 nitrogen and oxygen atoms in total. The standard InChI is InChI=1S/C13H31N3S/c1-15-11-8-6-4-3-5-7-9-13(17)10-12-16(2)14/h13,15,17H,3-12,14H2,1-2H3. The highest BCUT2D eigenvalue weighted by atomic mass is 32.1. The molecule has 0 amide bonds. The minimum Gasteiger partial charge on any atom is -0.320 e. The lowest BCUT2D eigenvalue weighted by molar-refractivity contribution is 0.339. The number of nitrogens with zero attached hydrogens (tertiary/aromatic N) is 1. The van der Waals surface area contributed by atoms with Gasteiger partial charge < -0.3 is 5.32 Å². The van der Waals surface area contributed by atoms with Crippen LogP contribution < -0.4 is 11.2 Å². The fourth-order valence-corrected chi connectivity index (χ4v) is 2.18. The number of thiol groups is 1. The molecule has 1 unspecified atom stereocenters. The molecule has 0 aromatic rings. The molecule has 0 radical (unpaired) electrons. The van der Waals surface area contributed by atoms with Gasteiger partial charge in [-0.15, -0.1) is 0 Å².